The van der Waals surface area contributed by atoms with Crippen LogP contribution in [0.1, 0.15) is 19.3 Å². The van der Waals surface area contributed by atoms with Crippen molar-refractivity contribution < 1.29 is 19.1 Å². The Bertz CT molecular complexity index is 607. The van der Waals surface area contributed by atoms with E-state index in [1.165, 1.54) is 18.2 Å². The molecular weight excluding hydrogens is 297 g/mol. The average molecular weight is 312 g/mol. The molecule has 2 aliphatic carbocycles. The molecule has 2 aliphatic rings. The molecule has 21 heavy (non-hydrogen) atoms. The Morgan fingerprint density at radius 1 is 1.24 bits per heavy atom. The van der Waals surface area contributed by atoms with Gasteiger partial charge in [-0.25, -0.2) is 4.39 Å². The zero-order chi connectivity index (χ0) is 15.1. The first-order chi connectivity index (χ1) is 9.97. The fourth-order valence-electron chi connectivity index (χ4n) is 3.82. The van der Waals surface area contributed by atoms with Gasteiger partial charge < -0.3 is 10.4 Å². The number of aliphatic carboxylic acids is 1. The lowest BCUT2D eigenvalue weighted by Gasteiger charge is -2.27. The van der Waals surface area contributed by atoms with Gasteiger partial charge in [-0.05, 0) is 49.3 Å². The van der Waals surface area contributed by atoms with Crippen LogP contribution in [-0.2, 0) is 9.59 Å². The van der Waals surface area contributed by atoms with Gasteiger partial charge in [0.1, 0.15) is 5.82 Å². The average Bonchev–Trinajstić information content (AvgIpc) is 3.03. The number of carboxylic acid groups (broad SMARTS) is 1. The van der Waals surface area contributed by atoms with Crippen LogP contribution in [0.5, 0.6) is 0 Å². The molecule has 0 aliphatic heterocycles. The highest BCUT2D eigenvalue weighted by atomic mass is 35.5. The van der Waals surface area contributed by atoms with Crippen LogP contribution in [0.2, 0.25) is 5.02 Å². The van der Waals surface area contributed by atoms with Gasteiger partial charge in [0, 0.05) is 5.69 Å². The van der Waals surface area contributed by atoms with Crippen molar-refractivity contribution in [3.05, 3.63) is 29.0 Å². The summed E-state index contributed by atoms with van der Waals surface area (Å²) in [5.41, 5.74) is 0.387. The molecule has 6 heteroatoms. The summed E-state index contributed by atoms with van der Waals surface area (Å²) in [7, 11) is 0. The van der Waals surface area contributed by atoms with Crippen molar-refractivity contribution in [2.45, 2.75) is 19.3 Å². The van der Waals surface area contributed by atoms with Gasteiger partial charge in [-0.2, -0.15) is 0 Å². The molecule has 1 amide bonds. The third-order valence-electron chi connectivity index (χ3n) is 4.69. The van der Waals surface area contributed by atoms with Crippen molar-refractivity contribution in [3.63, 3.8) is 0 Å². The number of nitrogens with one attached hydrogen (secondary N) is 1. The van der Waals surface area contributed by atoms with E-state index < -0.39 is 23.6 Å². The Labute approximate surface area is 126 Å². The van der Waals surface area contributed by atoms with Crippen LogP contribution in [0, 0.1) is 29.5 Å². The van der Waals surface area contributed by atoms with Gasteiger partial charge in [0.05, 0.1) is 16.9 Å². The summed E-state index contributed by atoms with van der Waals surface area (Å²) in [5.74, 6) is -2.66. The zero-order valence-electron chi connectivity index (χ0n) is 11.2. The minimum Gasteiger partial charge on any atom is -0.481 e. The second-order valence-corrected chi connectivity index (χ2v) is 6.25. The summed E-state index contributed by atoms with van der Waals surface area (Å²) in [6, 6.07) is 3.92. The molecular formula is C15H15ClFNO3. The minimum absolute atomic E-state index is 0.0736. The van der Waals surface area contributed by atoms with Crippen LogP contribution in [-0.4, -0.2) is 17.0 Å². The van der Waals surface area contributed by atoms with Crippen LogP contribution in [0.15, 0.2) is 18.2 Å². The topological polar surface area (TPSA) is 66.4 Å². The van der Waals surface area contributed by atoms with Gasteiger partial charge in [-0.1, -0.05) is 11.6 Å². The lowest BCUT2D eigenvalue weighted by molar-refractivity contribution is -0.148. The van der Waals surface area contributed by atoms with E-state index in [0.717, 1.165) is 19.3 Å². The van der Waals surface area contributed by atoms with Gasteiger partial charge >= 0.3 is 5.97 Å². The van der Waals surface area contributed by atoms with Crippen LogP contribution < -0.4 is 5.32 Å². The Hall–Kier alpha value is -1.62. The maximum absolute atomic E-state index is 13.1. The molecule has 0 radical (unpaired) electrons. The van der Waals surface area contributed by atoms with Crippen LogP contribution >= 0.6 is 11.6 Å². The molecule has 2 saturated carbocycles. The van der Waals surface area contributed by atoms with E-state index in [-0.39, 0.29) is 22.8 Å². The SMILES string of the molecule is O=C(O)[C@H]1[C@H]2CC[C@H](C2)[C@@H]1C(=O)Nc1ccc(F)c(Cl)c1. The Morgan fingerprint density at radius 3 is 2.52 bits per heavy atom. The maximum Gasteiger partial charge on any atom is 0.307 e. The minimum atomic E-state index is -0.903. The van der Waals surface area contributed by atoms with Crippen LogP contribution in [0.3, 0.4) is 0 Å². The smallest absolute Gasteiger partial charge is 0.307 e. The molecule has 0 spiro atoms. The van der Waals surface area contributed by atoms with Crippen molar-refractivity contribution in [1.29, 1.82) is 0 Å². The number of benzene rings is 1. The molecule has 1 aromatic rings. The van der Waals surface area contributed by atoms with Gasteiger partial charge in [-0.15, -0.1) is 0 Å². The van der Waals surface area contributed by atoms with Gasteiger partial charge in [0.25, 0.3) is 0 Å². The van der Waals surface area contributed by atoms with E-state index >= 15 is 0 Å². The van der Waals surface area contributed by atoms with Gasteiger partial charge in [-0.3, -0.25) is 9.59 Å². The van der Waals surface area contributed by atoms with E-state index in [2.05, 4.69) is 5.32 Å². The first-order valence-electron chi connectivity index (χ1n) is 6.96. The Balaban J connectivity index is 1.78. The number of carbonyl (C=O) groups is 2. The van der Waals surface area contributed by atoms with E-state index in [1.807, 2.05) is 0 Å². The van der Waals surface area contributed by atoms with Gasteiger partial charge in [0.2, 0.25) is 5.91 Å². The number of anilines is 1. The third kappa shape index (κ3) is 2.50. The van der Waals surface area contributed by atoms with Crippen LogP contribution in [0.4, 0.5) is 10.1 Å². The standard InChI is InChI=1S/C15H15ClFNO3/c16-10-6-9(3-4-11(10)17)18-14(19)12-7-1-2-8(5-7)13(12)15(20)21/h3-4,6-8,12-13H,1-2,5H2,(H,18,19)(H,20,21)/t7-,8+,12+,13+/m1/s1. The predicted molar refractivity (Wildman–Crippen MR) is 75.5 cm³/mol. The molecule has 4 atom stereocenters. The summed E-state index contributed by atoms with van der Waals surface area (Å²) in [6.07, 6.45) is 2.59. The van der Waals surface area contributed by atoms with E-state index in [4.69, 9.17) is 11.6 Å². The van der Waals surface area contributed by atoms with E-state index in [0.29, 0.717) is 5.69 Å². The monoisotopic (exact) mass is 311 g/mol. The number of rotatable bonds is 3. The Morgan fingerprint density at radius 2 is 1.90 bits per heavy atom. The van der Waals surface area contributed by atoms with E-state index in [1.54, 1.807) is 0 Å². The number of amides is 1. The summed E-state index contributed by atoms with van der Waals surface area (Å²) in [4.78, 5) is 23.8. The molecule has 1 aromatic carbocycles. The van der Waals surface area contributed by atoms with Crippen molar-refractivity contribution in [2.24, 2.45) is 23.7 Å². The number of carboxylic acids is 1. The number of hydrogen-bond acceptors (Lipinski definition) is 2. The van der Waals surface area contributed by atoms with Crippen molar-refractivity contribution >= 4 is 29.2 Å². The molecule has 2 bridgehead atoms. The number of halogens is 2. The summed E-state index contributed by atoms with van der Waals surface area (Å²) in [6.45, 7) is 0. The highest BCUT2D eigenvalue weighted by Crippen LogP contribution is 2.52. The Kier molecular flexibility index (Phi) is 3.61. The highest BCUT2D eigenvalue weighted by molar-refractivity contribution is 6.31. The predicted octanol–water partition coefficient (Wildman–Crippen LogP) is 3.16. The normalized spacial score (nSPS) is 30.4. The maximum atomic E-state index is 13.1. The number of carbonyl (C=O) groups excluding carboxylic acids is 1. The summed E-state index contributed by atoms with van der Waals surface area (Å²) >= 11 is 5.68. The van der Waals surface area contributed by atoms with Crippen LogP contribution in [0.25, 0.3) is 0 Å². The summed E-state index contributed by atoms with van der Waals surface area (Å²) in [5, 5.41) is 11.9. The first-order valence-corrected chi connectivity index (χ1v) is 7.34. The fraction of sp³-hybridized carbons (Fsp3) is 0.467. The quantitative estimate of drug-likeness (QED) is 0.901. The second kappa shape index (κ2) is 5.30. The molecule has 4 nitrogen and oxygen atoms in total. The van der Waals surface area contributed by atoms with Gasteiger partial charge in [0.15, 0.2) is 0 Å². The molecule has 0 heterocycles. The summed E-state index contributed by atoms with van der Waals surface area (Å²) < 4.78 is 13.1. The van der Waals surface area contributed by atoms with Crippen molar-refractivity contribution in [2.75, 3.05) is 5.32 Å². The first kappa shape index (κ1) is 14.3. The number of hydrogen-bond donors (Lipinski definition) is 2. The molecule has 0 saturated heterocycles. The van der Waals surface area contributed by atoms with Crippen molar-refractivity contribution in [1.82, 2.24) is 0 Å². The molecule has 2 N–H and O–H groups in total. The largest absolute Gasteiger partial charge is 0.481 e. The third-order valence-corrected chi connectivity index (χ3v) is 4.98. The lowest BCUT2D eigenvalue weighted by atomic mass is 9.78. The highest BCUT2D eigenvalue weighted by Gasteiger charge is 2.53. The molecule has 112 valence electrons. The van der Waals surface area contributed by atoms with Crippen molar-refractivity contribution in [3.8, 4) is 0 Å². The molecule has 0 unspecified atom stereocenters. The zero-order valence-corrected chi connectivity index (χ0v) is 11.9. The molecule has 3 rings (SSSR count). The fourth-order valence-corrected chi connectivity index (χ4v) is 4.00. The number of fused-ring (bicyclic) bond motifs is 2. The van der Waals surface area contributed by atoms with E-state index in [9.17, 15) is 19.1 Å². The molecule has 0 aromatic heterocycles. The molecule has 2 fully saturated rings. The lowest BCUT2D eigenvalue weighted by Crippen LogP contribution is -2.37. The second-order valence-electron chi connectivity index (χ2n) is 5.84.